The van der Waals surface area contributed by atoms with E-state index in [1.807, 2.05) is 19.2 Å². The molecule has 1 fully saturated rings. The zero-order valence-electron chi connectivity index (χ0n) is 8.75. The highest BCUT2D eigenvalue weighted by Gasteiger charge is 2.25. The minimum atomic E-state index is 0.597. The van der Waals surface area contributed by atoms with Gasteiger partial charge in [0.05, 0.1) is 0 Å². The van der Waals surface area contributed by atoms with Crippen LogP contribution >= 0.6 is 0 Å². The lowest BCUT2D eigenvalue weighted by molar-refractivity contribution is 0.308. The van der Waals surface area contributed by atoms with E-state index in [9.17, 15) is 0 Å². The molecule has 76 valence electrons. The van der Waals surface area contributed by atoms with Crippen LogP contribution in [-0.4, -0.2) is 11.0 Å². The summed E-state index contributed by atoms with van der Waals surface area (Å²) in [5.41, 5.74) is 7.66. The minimum Gasteiger partial charge on any atom is -0.398 e. The van der Waals surface area contributed by atoms with Crippen molar-refractivity contribution in [2.45, 2.75) is 32.7 Å². The van der Waals surface area contributed by atoms with Gasteiger partial charge in [-0.05, 0) is 31.2 Å². The van der Waals surface area contributed by atoms with Crippen molar-refractivity contribution in [1.82, 2.24) is 4.98 Å². The summed E-state index contributed by atoms with van der Waals surface area (Å²) in [6.07, 6.45) is 4.31. The molecular formula is C11H17N3. The molecule has 0 aromatic carbocycles. The van der Waals surface area contributed by atoms with Crippen molar-refractivity contribution in [3.63, 3.8) is 0 Å². The Morgan fingerprint density at radius 3 is 2.79 bits per heavy atom. The third-order valence-corrected chi connectivity index (χ3v) is 2.87. The Hall–Kier alpha value is -1.25. The normalized spacial score (nSPS) is 25.6. The maximum atomic E-state index is 5.80. The highest BCUT2D eigenvalue weighted by Crippen LogP contribution is 2.29. The number of anilines is 2. The van der Waals surface area contributed by atoms with E-state index in [-0.39, 0.29) is 0 Å². The van der Waals surface area contributed by atoms with E-state index in [1.165, 1.54) is 12.8 Å². The van der Waals surface area contributed by atoms with Gasteiger partial charge in [-0.1, -0.05) is 6.92 Å². The smallest absolute Gasteiger partial charge is 0.128 e. The summed E-state index contributed by atoms with van der Waals surface area (Å²) >= 11 is 0. The molecule has 0 unspecified atom stereocenters. The number of hydrogen-bond acceptors (Lipinski definition) is 3. The first kappa shape index (κ1) is 9.31. The molecule has 0 saturated heterocycles. The molecule has 1 saturated carbocycles. The summed E-state index contributed by atoms with van der Waals surface area (Å²) < 4.78 is 0. The van der Waals surface area contributed by atoms with Gasteiger partial charge < -0.3 is 11.1 Å². The Balaban J connectivity index is 2.00. The number of nitrogens with zero attached hydrogens (tertiary/aromatic N) is 1. The fourth-order valence-corrected chi connectivity index (χ4v) is 1.85. The molecule has 1 aliphatic carbocycles. The van der Waals surface area contributed by atoms with Crippen molar-refractivity contribution in [2.75, 3.05) is 11.1 Å². The number of rotatable bonds is 2. The Morgan fingerprint density at radius 1 is 1.50 bits per heavy atom. The zero-order valence-corrected chi connectivity index (χ0v) is 8.75. The first-order valence-corrected chi connectivity index (χ1v) is 5.14. The summed E-state index contributed by atoms with van der Waals surface area (Å²) in [5, 5.41) is 3.39. The van der Waals surface area contributed by atoms with Gasteiger partial charge >= 0.3 is 0 Å². The second-order valence-electron chi connectivity index (χ2n) is 4.34. The van der Waals surface area contributed by atoms with Gasteiger partial charge in [-0.2, -0.15) is 0 Å². The average molecular weight is 191 g/mol. The maximum Gasteiger partial charge on any atom is 0.128 e. The summed E-state index contributed by atoms with van der Waals surface area (Å²) in [7, 11) is 0. The Bertz CT molecular complexity index is 329. The first-order valence-electron chi connectivity index (χ1n) is 5.14. The molecule has 2 rings (SSSR count). The number of aryl methyl sites for hydroxylation is 1. The second-order valence-corrected chi connectivity index (χ2v) is 4.34. The van der Waals surface area contributed by atoms with Crippen molar-refractivity contribution in [2.24, 2.45) is 5.92 Å². The minimum absolute atomic E-state index is 0.597. The SMILES string of the molecule is Cc1cnc(NC2CC(C)C2)cc1N. The van der Waals surface area contributed by atoms with Gasteiger partial charge in [0, 0.05) is 24.0 Å². The summed E-state index contributed by atoms with van der Waals surface area (Å²) in [5.74, 6) is 1.76. The molecule has 0 aliphatic heterocycles. The van der Waals surface area contributed by atoms with Crippen molar-refractivity contribution in [3.05, 3.63) is 17.8 Å². The van der Waals surface area contributed by atoms with Crippen LogP contribution in [0.3, 0.4) is 0 Å². The lowest BCUT2D eigenvalue weighted by Gasteiger charge is -2.33. The largest absolute Gasteiger partial charge is 0.398 e. The van der Waals surface area contributed by atoms with Gasteiger partial charge in [0.2, 0.25) is 0 Å². The van der Waals surface area contributed by atoms with Gasteiger partial charge in [-0.25, -0.2) is 4.98 Å². The van der Waals surface area contributed by atoms with E-state index in [1.54, 1.807) is 0 Å². The van der Waals surface area contributed by atoms with Crippen LogP contribution in [-0.2, 0) is 0 Å². The molecule has 0 amide bonds. The van der Waals surface area contributed by atoms with Gasteiger partial charge in [0.1, 0.15) is 5.82 Å². The fraction of sp³-hybridized carbons (Fsp3) is 0.545. The third-order valence-electron chi connectivity index (χ3n) is 2.87. The van der Waals surface area contributed by atoms with Crippen LogP contribution in [0.4, 0.5) is 11.5 Å². The van der Waals surface area contributed by atoms with Gasteiger partial charge in [0.25, 0.3) is 0 Å². The molecule has 1 aromatic heterocycles. The van der Waals surface area contributed by atoms with Crippen molar-refractivity contribution in [1.29, 1.82) is 0 Å². The molecule has 0 bridgehead atoms. The summed E-state index contributed by atoms with van der Waals surface area (Å²) in [4.78, 5) is 4.29. The van der Waals surface area contributed by atoms with Crippen molar-refractivity contribution in [3.8, 4) is 0 Å². The average Bonchev–Trinajstić information content (AvgIpc) is 2.09. The standard InChI is InChI=1S/C11H17N3/c1-7-3-9(4-7)14-11-5-10(12)8(2)6-13-11/h5-7,9H,3-4H2,1-2H3,(H3,12,13,14). The number of nitrogen functional groups attached to an aromatic ring is 1. The van der Waals surface area contributed by atoms with Crippen LogP contribution in [0.15, 0.2) is 12.3 Å². The predicted octanol–water partition coefficient (Wildman–Crippen LogP) is 2.18. The quantitative estimate of drug-likeness (QED) is 0.753. The topological polar surface area (TPSA) is 50.9 Å². The molecule has 0 spiro atoms. The lowest BCUT2D eigenvalue weighted by atomic mass is 9.82. The molecule has 1 aromatic rings. The van der Waals surface area contributed by atoms with Gasteiger partial charge in [0.15, 0.2) is 0 Å². The molecule has 3 heteroatoms. The summed E-state index contributed by atoms with van der Waals surface area (Å²) in [6.45, 7) is 4.24. The molecule has 1 aliphatic rings. The number of pyridine rings is 1. The van der Waals surface area contributed by atoms with Crippen LogP contribution in [0.5, 0.6) is 0 Å². The molecule has 0 radical (unpaired) electrons. The van der Waals surface area contributed by atoms with E-state index in [2.05, 4.69) is 17.2 Å². The highest BCUT2D eigenvalue weighted by atomic mass is 15.0. The van der Waals surface area contributed by atoms with E-state index < -0.39 is 0 Å². The third kappa shape index (κ3) is 1.81. The van der Waals surface area contributed by atoms with E-state index in [0.29, 0.717) is 6.04 Å². The fourth-order valence-electron chi connectivity index (χ4n) is 1.85. The number of hydrogen-bond donors (Lipinski definition) is 2. The monoisotopic (exact) mass is 191 g/mol. The lowest BCUT2D eigenvalue weighted by Crippen LogP contribution is -2.34. The molecule has 14 heavy (non-hydrogen) atoms. The van der Waals surface area contributed by atoms with Crippen LogP contribution in [0, 0.1) is 12.8 Å². The maximum absolute atomic E-state index is 5.80. The van der Waals surface area contributed by atoms with Crippen LogP contribution in [0.2, 0.25) is 0 Å². The van der Waals surface area contributed by atoms with Crippen LogP contribution in [0.1, 0.15) is 25.3 Å². The van der Waals surface area contributed by atoms with Crippen LogP contribution < -0.4 is 11.1 Å². The number of aromatic nitrogens is 1. The van der Waals surface area contributed by atoms with E-state index >= 15 is 0 Å². The predicted molar refractivity (Wildman–Crippen MR) is 59.2 cm³/mol. The number of nitrogens with two attached hydrogens (primary N) is 1. The molecule has 3 nitrogen and oxygen atoms in total. The van der Waals surface area contributed by atoms with Crippen molar-refractivity contribution >= 4 is 11.5 Å². The van der Waals surface area contributed by atoms with Gasteiger partial charge in [-0.15, -0.1) is 0 Å². The number of nitrogens with one attached hydrogen (secondary N) is 1. The first-order chi connectivity index (χ1) is 6.65. The molecule has 3 N–H and O–H groups in total. The Morgan fingerprint density at radius 2 is 2.21 bits per heavy atom. The van der Waals surface area contributed by atoms with Crippen molar-refractivity contribution < 1.29 is 0 Å². The van der Waals surface area contributed by atoms with Crippen LogP contribution in [0.25, 0.3) is 0 Å². The van der Waals surface area contributed by atoms with E-state index in [4.69, 9.17) is 5.73 Å². The Kier molecular flexibility index (Phi) is 2.32. The Labute approximate surface area is 84.7 Å². The van der Waals surface area contributed by atoms with E-state index in [0.717, 1.165) is 23.0 Å². The second kappa shape index (κ2) is 3.48. The highest BCUT2D eigenvalue weighted by molar-refractivity contribution is 5.53. The molecular weight excluding hydrogens is 174 g/mol. The zero-order chi connectivity index (χ0) is 10.1. The van der Waals surface area contributed by atoms with Gasteiger partial charge in [-0.3, -0.25) is 0 Å². The molecule has 1 heterocycles. The molecule has 0 atom stereocenters. The summed E-state index contributed by atoms with van der Waals surface area (Å²) in [6, 6.07) is 2.51.